The summed E-state index contributed by atoms with van der Waals surface area (Å²) in [5.41, 5.74) is 4.06. The molecule has 3 rings (SSSR count). The van der Waals surface area contributed by atoms with E-state index in [-0.39, 0.29) is 5.82 Å². The fraction of sp³-hybridized carbons (Fsp3) is 0.316. The van der Waals surface area contributed by atoms with E-state index in [1.807, 2.05) is 24.0 Å². The quantitative estimate of drug-likeness (QED) is 0.662. The maximum absolute atomic E-state index is 13.1. The maximum atomic E-state index is 13.1. The SMILES string of the molecule is CNS(=O)(=O)C1CCN(c2cc(C=N)c(Nc3ccc(F)cc3)cc2C)C1. The van der Waals surface area contributed by atoms with Gasteiger partial charge in [-0.25, -0.2) is 17.5 Å². The molecule has 8 heteroatoms. The van der Waals surface area contributed by atoms with Crippen LogP contribution in [-0.2, 0) is 10.0 Å². The number of rotatable bonds is 6. The van der Waals surface area contributed by atoms with Gasteiger partial charge in [0.05, 0.1) is 5.25 Å². The van der Waals surface area contributed by atoms with Crippen molar-refractivity contribution in [3.8, 4) is 0 Å². The predicted octanol–water partition coefficient (Wildman–Crippen LogP) is 3.00. The van der Waals surface area contributed by atoms with Gasteiger partial charge in [0.15, 0.2) is 0 Å². The first kappa shape index (κ1) is 19.3. The van der Waals surface area contributed by atoms with Crippen molar-refractivity contribution >= 4 is 33.3 Å². The lowest BCUT2D eigenvalue weighted by Gasteiger charge is -2.23. The summed E-state index contributed by atoms with van der Waals surface area (Å²) in [6, 6.07) is 9.85. The van der Waals surface area contributed by atoms with E-state index in [9.17, 15) is 12.8 Å². The van der Waals surface area contributed by atoms with Crippen LogP contribution in [0, 0.1) is 18.2 Å². The average molecular weight is 390 g/mol. The van der Waals surface area contributed by atoms with Crippen LogP contribution in [0.4, 0.5) is 21.5 Å². The summed E-state index contributed by atoms with van der Waals surface area (Å²) in [4.78, 5) is 2.05. The van der Waals surface area contributed by atoms with Gasteiger partial charge < -0.3 is 15.6 Å². The topological polar surface area (TPSA) is 85.3 Å². The van der Waals surface area contributed by atoms with Crippen molar-refractivity contribution < 1.29 is 12.8 Å². The number of aryl methyl sites for hydroxylation is 1. The van der Waals surface area contributed by atoms with Gasteiger partial charge in [-0.05, 0) is 62.4 Å². The molecule has 1 atom stereocenters. The third-order valence-corrected chi connectivity index (χ3v) is 6.69. The summed E-state index contributed by atoms with van der Waals surface area (Å²) in [7, 11) is -1.86. The van der Waals surface area contributed by atoms with E-state index in [0.717, 1.165) is 22.6 Å². The molecule has 0 radical (unpaired) electrons. The van der Waals surface area contributed by atoms with Gasteiger partial charge in [-0.1, -0.05) is 0 Å². The second kappa shape index (κ2) is 7.66. The standard InChI is InChI=1S/C19H23FN4O2S/c1-13-9-18(23-16-5-3-15(20)4-6-16)14(11-21)10-19(13)24-8-7-17(12-24)27(25,26)22-2/h3-6,9-11,17,21-23H,7-8,12H2,1-2H3. The molecule has 2 aromatic rings. The molecule has 27 heavy (non-hydrogen) atoms. The Hall–Kier alpha value is -2.45. The van der Waals surface area contributed by atoms with E-state index in [2.05, 4.69) is 10.0 Å². The summed E-state index contributed by atoms with van der Waals surface area (Å²) in [6.07, 6.45) is 1.82. The number of nitrogens with one attached hydrogen (secondary N) is 3. The Morgan fingerprint density at radius 2 is 1.96 bits per heavy atom. The fourth-order valence-corrected chi connectivity index (χ4v) is 4.46. The van der Waals surface area contributed by atoms with Gasteiger partial charge in [0.25, 0.3) is 0 Å². The molecular weight excluding hydrogens is 367 g/mol. The van der Waals surface area contributed by atoms with Crippen molar-refractivity contribution in [3.05, 3.63) is 53.3 Å². The molecule has 1 heterocycles. The van der Waals surface area contributed by atoms with Crippen molar-refractivity contribution in [2.24, 2.45) is 0 Å². The predicted molar refractivity (Wildman–Crippen MR) is 107 cm³/mol. The highest BCUT2D eigenvalue weighted by Gasteiger charge is 2.32. The minimum absolute atomic E-state index is 0.306. The number of hydrogen-bond donors (Lipinski definition) is 3. The highest BCUT2D eigenvalue weighted by molar-refractivity contribution is 7.90. The van der Waals surface area contributed by atoms with Gasteiger partial charge >= 0.3 is 0 Å². The van der Waals surface area contributed by atoms with Gasteiger partial charge in [-0.3, -0.25) is 0 Å². The summed E-state index contributed by atoms with van der Waals surface area (Å²) >= 11 is 0. The molecule has 1 unspecified atom stereocenters. The smallest absolute Gasteiger partial charge is 0.216 e. The zero-order valence-electron chi connectivity index (χ0n) is 15.3. The second-order valence-electron chi connectivity index (χ2n) is 6.61. The molecule has 2 aromatic carbocycles. The van der Waals surface area contributed by atoms with Crippen LogP contribution >= 0.6 is 0 Å². The molecule has 6 nitrogen and oxygen atoms in total. The lowest BCUT2D eigenvalue weighted by Crippen LogP contribution is -2.34. The van der Waals surface area contributed by atoms with Crippen LogP contribution in [0.1, 0.15) is 17.5 Å². The molecule has 0 bridgehead atoms. The van der Waals surface area contributed by atoms with Crippen LogP contribution < -0.4 is 14.9 Å². The third-order valence-electron chi connectivity index (χ3n) is 4.86. The van der Waals surface area contributed by atoms with Crippen molar-refractivity contribution in [2.75, 3.05) is 30.4 Å². The highest BCUT2D eigenvalue weighted by atomic mass is 32.2. The van der Waals surface area contributed by atoms with Crippen LogP contribution in [0.25, 0.3) is 0 Å². The van der Waals surface area contributed by atoms with E-state index in [0.29, 0.717) is 25.1 Å². The maximum Gasteiger partial charge on any atom is 0.216 e. The largest absolute Gasteiger partial charge is 0.370 e. The van der Waals surface area contributed by atoms with Crippen molar-refractivity contribution in [3.63, 3.8) is 0 Å². The number of anilines is 3. The van der Waals surface area contributed by atoms with E-state index in [1.54, 1.807) is 12.1 Å². The van der Waals surface area contributed by atoms with Crippen LogP contribution in [0.5, 0.6) is 0 Å². The molecular formula is C19H23FN4O2S. The van der Waals surface area contributed by atoms with Crippen LogP contribution in [0.2, 0.25) is 0 Å². The Morgan fingerprint density at radius 3 is 2.59 bits per heavy atom. The van der Waals surface area contributed by atoms with E-state index in [1.165, 1.54) is 25.4 Å². The van der Waals surface area contributed by atoms with Crippen LogP contribution in [-0.4, -0.2) is 40.0 Å². The first-order valence-corrected chi connectivity index (χ1v) is 10.2. The molecule has 144 valence electrons. The lowest BCUT2D eigenvalue weighted by molar-refractivity contribution is 0.575. The fourth-order valence-electron chi connectivity index (χ4n) is 3.34. The summed E-state index contributed by atoms with van der Waals surface area (Å²) < 4.78 is 39.6. The minimum Gasteiger partial charge on any atom is -0.370 e. The van der Waals surface area contributed by atoms with Gasteiger partial charge in [0.2, 0.25) is 10.0 Å². The molecule has 1 saturated heterocycles. The molecule has 1 aliphatic heterocycles. The number of halogens is 1. The summed E-state index contributed by atoms with van der Waals surface area (Å²) in [5.74, 6) is -0.306. The highest BCUT2D eigenvalue weighted by Crippen LogP contribution is 2.32. The Kier molecular flexibility index (Phi) is 5.48. The van der Waals surface area contributed by atoms with Crippen molar-refractivity contribution in [1.82, 2.24) is 4.72 Å². The number of hydrogen-bond acceptors (Lipinski definition) is 5. The molecule has 0 amide bonds. The zero-order chi connectivity index (χ0) is 19.6. The van der Waals surface area contributed by atoms with Crippen molar-refractivity contribution in [2.45, 2.75) is 18.6 Å². The molecule has 0 spiro atoms. The summed E-state index contributed by atoms with van der Waals surface area (Å²) in [5, 5.41) is 10.5. The molecule has 0 saturated carbocycles. The Balaban J connectivity index is 1.86. The number of benzene rings is 2. The number of nitrogens with zero attached hydrogens (tertiary/aromatic N) is 1. The number of sulfonamides is 1. The third kappa shape index (κ3) is 4.12. The first-order valence-electron chi connectivity index (χ1n) is 8.69. The average Bonchev–Trinajstić information content (AvgIpc) is 3.14. The molecule has 0 aromatic heterocycles. The van der Waals surface area contributed by atoms with Crippen molar-refractivity contribution in [1.29, 1.82) is 5.41 Å². The molecule has 0 aliphatic carbocycles. The van der Waals surface area contributed by atoms with Crippen LogP contribution in [0.3, 0.4) is 0 Å². The Bertz CT molecular complexity index is 945. The van der Waals surface area contributed by atoms with E-state index in [4.69, 9.17) is 5.41 Å². The second-order valence-corrected chi connectivity index (χ2v) is 8.77. The zero-order valence-corrected chi connectivity index (χ0v) is 16.1. The van der Waals surface area contributed by atoms with Gasteiger partial charge in [0.1, 0.15) is 5.82 Å². The monoisotopic (exact) mass is 390 g/mol. The van der Waals surface area contributed by atoms with Crippen LogP contribution in [0.15, 0.2) is 36.4 Å². The van der Waals surface area contributed by atoms with E-state index >= 15 is 0 Å². The van der Waals surface area contributed by atoms with Gasteiger partial charge in [0, 0.05) is 41.9 Å². The van der Waals surface area contributed by atoms with Gasteiger partial charge in [-0.2, -0.15) is 0 Å². The minimum atomic E-state index is -3.30. The van der Waals surface area contributed by atoms with E-state index < -0.39 is 15.3 Å². The van der Waals surface area contributed by atoms with Gasteiger partial charge in [-0.15, -0.1) is 0 Å². The Morgan fingerprint density at radius 1 is 1.26 bits per heavy atom. The summed E-state index contributed by atoms with van der Waals surface area (Å²) in [6.45, 7) is 3.03. The first-order chi connectivity index (χ1) is 12.8. The molecule has 3 N–H and O–H groups in total. The Labute approximate surface area is 159 Å². The molecule has 1 aliphatic rings. The normalized spacial score (nSPS) is 17.1. The molecule has 1 fully saturated rings. The lowest BCUT2D eigenvalue weighted by atomic mass is 10.1.